The lowest BCUT2D eigenvalue weighted by atomic mass is 10.2. The van der Waals surface area contributed by atoms with Crippen molar-refractivity contribution >= 4 is 29.1 Å². The van der Waals surface area contributed by atoms with Crippen molar-refractivity contribution in [1.29, 1.82) is 0 Å². The molecule has 1 unspecified atom stereocenters. The molecule has 110 valence electrons. The fourth-order valence-electron chi connectivity index (χ4n) is 1.60. The van der Waals surface area contributed by atoms with Crippen LogP contribution in [0.25, 0.3) is 0 Å². The zero-order valence-electron chi connectivity index (χ0n) is 11.9. The van der Waals surface area contributed by atoms with Gasteiger partial charge in [-0.05, 0) is 25.5 Å². The van der Waals surface area contributed by atoms with E-state index >= 15 is 0 Å². The normalized spacial score (nSPS) is 11.8. The molecule has 0 saturated heterocycles. The average Bonchev–Trinajstić information content (AvgIpc) is 2.50. The van der Waals surface area contributed by atoms with Crippen LogP contribution in [0.5, 0.6) is 0 Å². The first kappa shape index (κ1) is 15.3. The van der Waals surface area contributed by atoms with Gasteiger partial charge in [-0.15, -0.1) is 0 Å². The van der Waals surface area contributed by atoms with Crippen LogP contribution in [0, 0.1) is 0 Å². The monoisotopic (exact) mass is 304 g/mol. The number of rotatable bonds is 5. The first-order valence-electron chi connectivity index (χ1n) is 6.74. The zero-order valence-corrected chi connectivity index (χ0v) is 12.7. The molecule has 0 radical (unpaired) electrons. The smallest absolute Gasteiger partial charge is 0.254 e. The van der Waals surface area contributed by atoms with Gasteiger partial charge in [0.1, 0.15) is 0 Å². The first-order valence-corrected chi connectivity index (χ1v) is 7.12. The van der Waals surface area contributed by atoms with Crippen molar-refractivity contribution in [3.63, 3.8) is 0 Å². The Kier molecular flexibility index (Phi) is 5.11. The Morgan fingerprint density at radius 3 is 2.57 bits per heavy atom. The van der Waals surface area contributed by atoms with Crippen molar-refractivity contribution in [2.45, 2.75) is 26.3 Å². The van der Waals surface area contributed by atoms with E-state index in [1.54, 1.807) is 6.07 Å². The number of carbonyl (C=O) groups excluding carboxylic acids is 1. The molecule has 0 spiro atoms. The number of nitrogens with zero attached hydrogens (tertiary/aromatic N) is 2. The number of nitrogens with one attached hydrogen (secondary N) is 2. The van der Waals surface area contributed by atoms with Gasteiger partial charge in [0.25, 0.3) is 5.91 Å². The number of anilines is 2. The molecule has 0 bridgehead atoms. The maximum atomic E-state index is 11.9. The highest BCUT2D eigenvalue weighted by molar-refractivity contribution is 6.33. The van der Waals surface area contributed by atoms with Gasteiger partial charge in [0.05, 0.1) is 16.3 Å². The van der Waals surface area contributed by atoms with E-state index < -0.39 is 0 Å². The SMILES string of the molecule is CCC(C)NC(=O)c1cnc(Nc2ccccc2Cl)nc1. The molecule has 0 aliphatic carbocycles. The molecule has 21 heavy (non-hydrogen) atoms. The number of hydrogen-bond donors (Lipinski definition) is 2. The molecular formula is C15H17ClN4O. The van der Waals surface area contributed by atoms with E-state index in [0.29, 0.717) is 16.5 Å². The Morgan fingerprint density at radius 1 is 1.29 bits per heavy atom. The van der Waals surface area contributed by atoms with Gasteiger partial charge in [-0.25, -0.2) is 9.97 Å². The van der Waals surface area contributed by atoms with E-state index in [1.165, 1.54) is 12.4 Å². The van der Waals surface area contributed by atoms with Crippen molar-refractivity contribution < 1.29 is 4.79 Å². The summed E-state index contributed by atoms with van der Waals surface area (Å²) < 4.78 is 0. The lowest BCUT2D eigenvalue weighted by Crippen LogP contribution is -2.32. The maximum absolute atomic E-state index is 11.9. The van der Waals surface area contributed by atoms with Crippen LogP contribution in [-0.2, 0) is 0 Å². The standard InChI is InChI=1S/C15H17ClN4O/c1-3-10(2)19-14(21)11-8-17-15(18-9-11)20-13-7-5-4-6-12(13)16/h4-10H,3H2,1-2H3,(H,19,21)(H,17,18,20). The molecule has 1 aromatic heterocycles. The van der Waals surface area contributed by atoms with Crippen LogP contribution in [-0.4, -0.2) is 21.9 Å². The molecule has 2 N–H and O–H groups in total. The fraction of sp³-hybridized carbons (Fsp3) is 0.267. The van der Waals surface area contributed by atoms with Gasteiger partial charge in [-0.2, -0.15) is 0 Å². The second-order valence-corrected chi connectivity index (χ2v) is 5.09. The Labute approximate surface area is 128 Å². The molecule has 0 aliphatic heterocycles. The summed E-state index contributed by atoms with van der Waals surface area (Å²) in [6.45, 7) is 3.96. The Morgan fingerprint density at radius 2 is 1.95 bits per heavy atom. The number of halogens is 1. The second-order valence-electron chi connectivity index (χ2n) is 4.68. The number of benzene rings is 1. The average molecular weight is 305 g/mol. The molecule has 1 atom stereocenters. The number of hydrogen-bond acceptors (Lipinski definition) is 4. The van der Waals surface area contributed by atoms with Crippen LogP contribution in [0.4, 0.5) is 11.6 Å². The lowest BCUT2D eigenvalue weighted by Gasteiger charge is -2.11. The maximum Gasteiger partial charge on any atom is 0.254 e. The van der Waals surface area contributed by atoms with Gasteiger partial charge >= 0.3 is 0 Å². The molecule has 6 heteroatoms. The van der Waals surface area contributed by atoms with Gasteiger partial charge in [-0.3, -0.25) is 4.79 Å². The molecule has 0 aliphatic rings. The minimum Gasteiger partial charge on any atom is -0.350 e. The molecule has 1 aromatic carbocycles. The predicted octanol–water partition coefficient (Wildman–Crippen LogP) is 3.40. The van der Waals surface area contributed by atoms with Crippen molar-refractivity contribution in [2.75, 3.05) is 5.32 Å². The zero-order chi connectivity index (χ0) is 15.2. The van der Waals surface area contributed by atoms with E-state index in [2.05, 4.69) is 20.6 Å². The summed E-state index contributed by atoms with van der Waals surface area (Å²) in [4.78, 5) is 20.2. The number of carbonyl (C=O) groups is 1. The van der Waals surface area contributed by atoms with Crippen LogP contribution >= 0.6 is 11.6 Å². The first-order chi connectivity index (χ1) is 10.1. The Bertz CT molecular complexity index is 615. The van der Waals surface area contributed by atoms with Gasteiger partial charge in [0.15, 0.2) is 0 Å². The summed E-state index contributed by atoms with van der Waals surface area (Å²) in [5.74, 6) is 0.219. The van der Waals surface area contributed by atoms with E-state index in [4.69, 9.17) is 11.6 Å². The van der Waals surface area contributed by atoms with E-state index in [9.17, 15) is 4.79 Å². The highest BCUT2D eigenvalue weighted by Gasteiger charge is 2.10. The predicted molar refractivity (Wildman–Crippen MR) is 84.0 cm³/mol. The quantitative estimate of drug-likeness (QED) is 0.888. The minimum absolute atomic E-state index is 0.124. The molecule has 2 rings (SSSR count). The van der Waals surface area contributed by atoms with E-state index in [1.807, 2.05) is 32.0 Å². The highest BCUT2D eigenvalue weighted by atomic mass is 35.5. The van der Waals surface area contributed by atoms with Gasteiger partial charge in [0, 0.05) is 18.4 Å². The third-order valence-electron chi connectivity index (χ3n) is 3.02. The van der Waals surface area contributed by atoms with Crippen LogP contribution in [0.2, 0.25) is 5.02 Å². The largest absolute Gasteiger partial charge is 0.350 e. The van der Waals surface area contributed by atoms with Gasteiger partial charge < -0.3 is 10.6 Å². The van der Waals surface area contributed by atoms with Crippen LogP contribution in [0.3, 0.4) is 0 Å². The number of amides is 1. The van der Waals surface area contributed by atoms with E-state index in [0.717, 1.165) is 12.1 Å². The third-order valence-corrected chi connectivity index (χ3v) is 3.35. The molecule has 0 saturated carbocycles. The van der Waals surface area contributed by atoms with Gasteiger partial charge in [-0.1, -0.05) is 30.7 Å². The topological polar surface area (TPSA) is 66.9 Å². The Hall–Kier alpha value is -2.14. The van der Waals surface area contributed by atoms with Crippen molar-refractivity contribution in [3.05, 3.63) is 47.2 Å². The molecule has 5 nitrogen and oxygen atoms in total. The summed E-state index contributed by atoms with van der Waals surface area (Å²) in [5.41, 5.74) is 1.15. The lowest BCUT2D eigenvalue weighted by molar-refractivity contribution is 0.0938. The molecular weight excluding hydrogens is 288 g/mol. The minimum atomic E-state index is -0.173. The molecule has 1 amide bonds. The van der Waals surface area contributed by atoms with Crippen LogP contribution in [0.1, 0.15) is 30.6 Å². The summed E-state index contributed by atoms with van der Waals surface area (Å²) in [6.07, 6.45) is 3.85. The molecule has 2 aromatic rings. The van der Waals surface area contributed by atoms with Crippen LogP contribution in [0.15, 0.2) is 36.7 Å². The third kappa shape index (κ3) is 4.16. The van der Waals surface area contributed by atoms with Gasteiger partial charge in [0.2, 0.25) is 5.95 Å². The van der Waals surface area contributed by atoms with Crippen molar-refractivity contribution in [2.24, 2.45) is 0 Å². The summed E-state index contributed by atoms with van der Waals surface area (Å²) in [5, 5.41) is 6.45. The number of aromatic nitrogens is 2. The second kappa shape index (κ2) is 7.04. The summed E-state index contributed by atoms with van der Waals surface area (Å²) >= 11 is 6.05. The Balaban J connectivity index is 2.05. The van der Waals surface area contributed by atoms with Crippen molar-refractivity contribution in [3.8, 4) is 0 Å². The van der Waals surface area contributed by atoms with E-state index in [-0.39, 0.29) is 11.9 Å². The number of para-hydroxylation sites is 1. The van der Waals surface area contributed by atoms with Crippen molar-refractivity contribution in [1.82, 2.24) is 15.3 Å². The fourth-order valence-corrected chi connectivity index (χ4v) is 1.79. The molecule has 0 fully saturated rings. The summed E-state index contributed by atoms with van der Waals surface area (Å²) in [7, 11) is 0. The van der Waals surface area contributed by atoms with Crippen LogP contribution < -0.4 is 10.6 Å². The summed E-state index contributed by atoms with van der Waals surface area (Å²) in [6, 6.07) is 7.44. The molecule has 1 heterocycles. The highest BCUT2D eigenvalue weighted by Crippen LogP contribution is 2.22.